The highest BCUT2D eigenvalue weighted by Crippen LogP contribution is 2.30. The van der Waals surface area contributed by atoms with Gasteiger partial charge in [0.2, 0.25) is 17.7 Å². The summed E-state index contributed by atoms with van der Waals surface area (Å²) in [5, 5.41) is 23.5. The Morgan fingerprint density at radius 2 is 1.38 bits per heavy atom. The lowest BCUT2D eigenvalue weighted by Crippen LogP contribution is -2.21. The van der Waals surface area contributed by atoms with Crippen LogP contribution in [0.1, 0.15) is 11.4 Å². The molecule has 8 N–H and O–H groups in total. The maximum atomic E-state index is 5.45. The van der Waals surface area contributed by atoms with Gasteiger partial charge in [0.05, 0.1) is 29.5 Å². The molecule has 5 aromatic heterocycles. The van der Waals surface area contributed by atoms with Gasteiger partial charge in [-0.2, -0.15) is 32.9 Å². The Balaban J connectivity index is 1.83. The van der Waals surface area contributed by atoms with Crippen LogP contribution in [0.15, 0.2) is 66.3 Å². The van der Waals surface area contributed by atoms with Crippen molar-refractivity contribution in [3.8, 4) is 22.5 Å². The maximum Gasteiger partial charge on any atom is 0.221 e. The molecule has 0 radical (unpaired) electrons. The maximum absolute atomic E-state index is 5.45. The fourth-order valence-corrected chi connectivity index (χ4v) is 4.70. The topological polar surface area (TPSA) is 188 Å². The van der Waals surface area contributed by atoms with E-state index in [9.17, 15) is 0 Å². The molecule has 0 atom stereocenters. The quantitative estimate of drug-likeness (QED) is 0.159. The summed E-state index contributed by atoms with van der Waals surface area (Å²) in [6.07, 6.45) is 4.98. The number of guanidine groups is 2. The van der Waals surface area contributed by atoms with Gasteiger partial charge in [-0.3, -0.25) is 8.80 Å². The second kappa shape index (κ2) is 8.76. The number of fused-ring (bicyclic) bond motifs is 3. The summed E-state index contributed by atoms with van der Waals surface area (Å²) < 4.78 is 3.76. The number of hydrogen-bond donors (Lipinski definition) is 4. The van der Waals surface area contributed by atoms with Crippen molar-refractivity contribution in [2.24, 2.45) is 43.3 Å². The summed E-state index contributed by atoms with van der Waals surface area (Å²) in [5.41, 5.74) is 27.1. The van der Waals surface area contributed by atoms with E-state index in [0.717, 1.165) is 16.8 Å². The van der Waals surface area contributed by atoms with Gasteiger partial charge >= 0.3 is 0 Å². The van der Waals surface area contributed by atoms with Crippen LogP contribution in [0.5, 0.6) is 0 Å². The van der Waals surface area contributed by atoms with E-state index in [1.54, 1.807) is 35.1 Å². The minimum atomic E-state index is -0.147. The number of thiophene rings is 2. The Kier molecular flexibility index (Phi) is 5.49. The molecular formula is C20H18N12S2. The first-order valence-electron chi connectivity index (χ1n) is 9.75. The second-order valence-electron chi connectivity index (χ2n) is 6.93. The molecule has 12 nitrogen and oxygen atoms in total. The zero-order chi connectivity index (χ0) is 23.7. The SMILES string of the molecule is NC(N)=N/N=C/c1c(-c2ccsc2)nc2n1ccc1nc(-c3ccsc3)c(/C=N/N=C(N)N)n12. The molecule has 5 rings (SSSR count). The molecule has 14 heteroatoms. The minimum absolute atomic E-state index is 0.141. The molecule has 5 heterocycles. The molecule has 0 aliphatic carbocycles. The lowest BCUT2D eigenvalue weighted by Gasteiger charge is -2.02. The number of rotatable bonds is 6. The van der Waals surface area contributed by atoms with E-state index in [2.05, 4.69) is 20.4 Å². The molecule has 5 aromatic rings. The number of nitrogens with two attached hydrogens (primary N) is 4. The van der Waals surface area contributed by atoms with Gasteiger partial charge in [-0.1, -0.05) is 0 Å². The zero-order valence-corrected chi connectivity index (χ0v) is 19.1. The molecule has 0 bridgehead atoms. The highest BCUT2D eigenvalue weighted by Gasteiger charge is 2.20. The van der Waals surface area contributed by atoms with Gasteiger partial charge in [0.25, 0.3) is 0 Å². The molecule has 170 valence electrons. The molecule has 0 spiro atoms. The van der Waals surface area contributed by atoms with E-state index < -0.39 is 0 Å². The number of hydrogen-bond acceptors (Lipinski definition) is 8. The highest BCUT2D eigenvalue weighted by atomic mass is 32.1. The third-order valence-electron chi connectivity index (χ3n) is 4.74. The highest BCUT2D eigenvalue weighted by molar-refractivity contribution is 7.08. The van der Waals surface area contributed by atoms with Crippen LogP contribution in [0.3, 0.4) is 0 Å². The van der Waals surface area contributed by atoms with E-state index >= 15 is 0 Å². The predicted molar refractivity (Wildman–Crippen MR) is 137 cm³/mol. The first kappa shape index (κ1) is 21.3. The van der Waals surface area contributed by atoms with Gasteiger partial charge in [-0.15, -0.1) is 10.2 Å². The third-order valence-corrected chi connectivity index (χ3v) is 6.10. The fraction of sp³-hybridized carbons (Fsp3) is 0. The Bertz CT molecular complexity index is 1580. The lowest BCUT2D eigenvalue weighted by atomic mass is 10.2. The van der Waals surface area contributed by atoms with E-state index in [1.165, 1.54) is 0 Å². The Morgan fingerprint density at radius 1 is 0.794 bits per heavy atom. The molecule has 0 amide bonds. The Hall–Kier alpha value is -4.56. The predicted octanol–water partition coefficient (Wildman–Crippen LogP) is 1.65. The van der Waals surface area contributed by atoms with Crippen molar-refractivity contribution in [1.82, 2.24) is 18.8 Å². The van der Waals surface area contributed by atoms with Gasteiger partial charge in [-0.25, -0.2) is 9.97 Å². The van der Waals surface area contributed by atoms with Crippen LogP contribution in [-0.4, -0.2) is 43.1 Å². The summed E-state index contributed by atoms with van der Waals surface area (Å²) in [6.45, 7) is 0. The van der Waals surface area contributed by atoms with Crippen LogP contribution < -0.4 is 22.9 Å². The molecule has 0 aliphatic heterocycles. The summed E-state index contributed by atoms with van der Waals surface area (Å²) in [7, 11) is 0. The number of nitrogens with zero attached hydrogens (tertiary/aromatic N) is 8. The van der Waals surface area contributed by atoms with E-state index in [1.807, 2.05) is 54.7 Å². The van der Waals surface area contributed by atoms with Crippen molar-refractivity contribution in [2.75, 3.05) is 0 Å². The lowest BCUT2D eigenvalue weighted by molar-refractivity contribution is 1.05. The molecule has 0 aromatic carbocycles. The first-order valence-corrected chi connectivity index (χ1v) is 11.6. The van der Waals surface area contributed by atoms with Crippen molar-refractivity contribution >= 4 is 58.4 Å². The normalized spacial score (nSPS) is 11.8. The van der Waals surface area contributed by atoms with Gasteiger partial charge in [0.15, 0.2) is 0 Å². The van der Waals surface area contributed by atoms with Crippen LogP contribution in [0, 0.1) is 0 Å². The van der Waals surface area contributed by atoms with Gasteiger partial charge in [-0.05, 0) is 29.0 Å². The molecule has 0 aliphatic rings. The van der Waals surface area contributed by atoms with Crippen LogP contribution >= 0.6 is 22.7 Å². The first-order chi connectivity index (χ1) is 16.5. The van der Waals surface area contributed by atoms with Crippen LogP contribution in [-0.2, 0) is 0 Å². The molecule has 34 heavy (non-hydrogen) atoms. The fourth-order valence-electron chi connectivity index (χ4n) is 3.42. The Labute approximate surface area is 200 Å². The van der Waals surface area contributed by atoms with Gasteiger partial charge < -0.3 is 22.9 Å². The minimum Gasteiger partial charge on any atom is -0.369 e. The number of aromatic nitrogens is 4. The van der Waals surface area contributed by atoms with Crippen molar-refractivity contribution in [3.05, 3.63) is 57.3 Å². The molecular weight excluding hydrogens is 472 g/mol. The van der Waals surface area contributed by atoms with Gasteiger partial charge in [0.1, 0.15) is 11.3 Å². The van der Waals surface area contributed by atoms with E-state index in [-0.39, 0.29) is 11.9 Å². The van der Waals surface area contributed by atoms with E-state index in [0.29, 0.717) is 28.5 Å². The molecule has 0 unspecified atom stereocenters. The summed E-state index contributed by atoms with van der Waals surface area (Å²) in [5.74, 6) is 0.300. The third kappa shape index (κ3) is 3.87. The van der Waals surface area contributed by atoms with Crippen LogP contribution in [0.25, 0.3) is 33.9 Å². The second-order valence-corrected chi connectivity index (χ2v) is 8.49. The summed E-state index contributed by atoms with van der Waals surface area (Å²) in [4.78, 5) is 9.74. The Morgan fingerprint density at radius 3 is 1.94 bits per heavy atom. The van der Waals surface area contributed by atoms with Crippen molar-refractivity contribution in [3.63, 3.8) is 0 Å². The van der Waals surface area contributed by atoms with Crippen LogP contribution in [0.4, 0.5) is 0 Å². The largest absolute Gasteiger partial charge is 0.369 e. The average molecular weight is 491 g/mol. The smallest absolute Gasteiger partial charge is 0.221 e. The van der Waals surface area contributed by atoms with Crippen molar-refractivity contribution in [2.45, 2.75) is 0 Å². The summed E-state index contributed by atoms with van der Waals surface area (Å²) in [6, 6.07) is 5.84. The van der Waals surface area contributed by atoms with Gasteiger partial charge in [0, 0.05) is 28.1 Å². The molecule has 0 fully saturated rings. The number of imidazole rings is 2. The van der Waals surface area contributed by atoms with Crippen molar-refractivity contribution in [1.29, 1.82) is 0 Å². The molecule has 0 saturated carbocycles. The molecule has 0 saturated heterocycles. The monoisotopic (exact) mass is 490 g/mol. The average Bonchev–Trinajstić information content (AvgIpc) is 3.58. The van der Waals surface area contributed by atoms with Crippen LogP contribution in [0.2, 0.25) is 0 Å². The summed E-state index contributed by atoms with van der Waals surface area (Å²) >= 11 is 3.14. The van der Waals surface area contributed by atoms with E-state index in [4.69, 9.17) is 32.9 Å². The van der Waals surface area contributed by atoms with Crippen molar-refractivity contribution < 1.29 is 0 Å². The zero-order valence-electron chi connectivity index (χ0n) is 17.5. The standard InChI is InChI=1S/C20H18N12S2/c21-18(22)29-25-7-13-16(11-2-5-33-9-11)28-20-31(13)4-1-15-27-17(12-3-6-34-10-12)14(32(15)20)8-26-30-19(23)24/h1-10H,(H4,21,22,29)(H4,23,24,30)/b25-7+,26-8+.